The monoisotopic (exact) mass is 228 g/mol. The highest BCUT2D eigenvalue weighted by Gasteiger charge is 2.13. The van der Waals surface area contributed by atoms with E-state index in [9.17, 15) is 8.78 Å². The zero-order valence-corrected chi connectivity index (χ0v) is 9.87. The first-order valence-corrected chi connectivity index (χ1v) is 5.27. The summed E-state index contributed by atoms with van der Waals surface area (Å²) in [4.78, 5) is 2.06. The summed E-state index contributed by atoms with van der Waals surface area (Å²) in [5, 5.41) is 2.76. The van der Waals surface area contributed by atoms with Gasteiger partial charge in [0.2, 0.25) is 0 Å². The number of benzene rings is 1. The third kappa shape index (κ3) is 4.14. The molecule has 0 aliphatic rings. The van der Waals surface area contributed by atoms with E-state index < -0.39 is 12.5 Å². The topological polar surface area (TPSA) is 15.3 Å². The molecule has 2 nitrogen and oxygen atoms in total. The summed E-state index contributed by atoms with van der Waals surface area (Å²) >= 11 is 0. The Morgan fingerprint density at radius 3 is 2.19 bits per heavy atom. The Morgan fingerprint density at radius 2 is 1.75 bits per heavy atom. The summed E-state index contributed by atoms with van der Waals surface area (Å²) in [6.45, 7) is 2.32. The van der Waals surface area contributed by atoms with Gasteiger partial charge in [0.1, 0.15) is 0 Å². The van der Waals surface area contributed by atoms with Gasteiger partial charge in [-0.25, -0.2) is 8.78 Å². The van der Waals surface area contributed by atoms with E-state index >= 15 is 0 Å². The van der Waals surface area contributed by atoms with E-state index in [0.717, 1.165) is 12.2 Å². The SMILES string of the molecule is CC(Nc1ccc(CN(C)C)cc1)C(F)F. The normalized spacial score (nSPS) is 13.2. The van der Waals surface area contributed by atoms with Crippen LogP contribution in [0.3, 0.4) is 0 Å². The molecule has 1 aromatic rings. The molecule has 0 saturated heterocycles. The maximum absolute atomic E-state index is 12.3. The number of rotatable bonds is 5. The van der Waals surface area contributed by atoms with Crippen LogP contribution in [-0.2, 0) is 6.54 Å². The van der Waals surface area contributed by atoms with Gasteiger partial charge in [0.15, 0.2) is 0 Å². The first-order chi connectivity index (χ1) is 7.49. The molecule has 0 spiro atoms. The fourth-order valence-corrected chi connectivity index (χ4v) is 1.40. The van der Waals surface area contributed by atoms with Crippen molar-refractivity contribution >= 4 is 5.69 Å². The molecule has 1 atom stereocenters. The second-order valence-corrected chi connectivity index (χ2v) is 4.20. The molecule has 1 aromatic carbocycles. The molecule has 0 aromatic heterocycles. The highest BCUT2D eigenvalue weighted by atomic mass is 19.3. The van der Waals surface area contributed by atoms with Crippen molar-refractivity contribution in [3.8, 4) is 0 Å². The standard InChI is InChI=1S/C12H18F2N2/c1-9(12(13)14)15-11-6-4-10(5-7-11)8-16(2)3/h4-7,9,12,15H,8H2,1-3H3. The number of nitrogens with one attached hydrogen (secondary N) is 1. The maximum atomic E-state index is 12.3. The lowest BCUT2D eigenvalue weighted by Crippen LogP contribution is -2.23. The van der Waals surface area contributed by atoms with Crippen LogP contribution >= 0.6 is 0 Å². The Bertz CT molecular complexity index is 309. The van der Waals surface area contributed by atoms with Crippen LogP contribution in [0.1, 0.15) is 12.5 Å². The van der Waals surface area contributed by atoms with Crippen LogP contribution in [0, 0.1) is 0 Å². The average molecular weight is 228 g/mol. The van der Waals surface area contributed by atoms with Gasteiger partial charge in [0.05, 0.1) is 6.04 Å². The van der Waals surface area contributed by atoms with Crippen LogP contribution in [0.5, 0.6) is 0 Å². The van der Waals surface area contributed by atoms with Gasteiger partial charge in [-0.3, -0.25) is 0 Å². The van der Waals surface area contributed by atoms with E-state index in [1.165, 1.54) is 12.5 Å². The zero-order chi connectivity index (χ0) is 12.1. The Kier molecular flexibility index (Phi) is 4.68. The lowest BCUT2D eigenvalue weighted by atomic mass is 10.2. The summed E-state index contributed by atoms with van der Waals surface area (Å²) < 4.78 is 24.6. The van der Waals surface area contributed by atoms with E-state index in [4.69, 9.17) is 0 Å². The van der Waals surface area contributed by atoms with Gasteiger partial charge >= 0.3 is 0 Å². The Morgan fingerprint density at radius 1 is 1.19 bits per heavy atom. The van der Waals surface area contributed by atoms with Gasteiger partial charge in [-0.1, -0.05) is 12.1 Å². The molecule has 90 valence electrons. The smallest absolute Gasteiger partial charge is 0.258 e. The first kappa shape index (κ1) is 12.9. The van der Waals surface area contributed by atoms with Crippen LogP contribution < -0.4 is 5.32 Å². The lowest BCUT2D eigenvalue weighted by molar-refractivity contribution is 0.131. The predicted octanol–water partition coefficient (Wildman–Crippen LogP) is 2.81. The molecule has 4 heteroatoms. The summed E-state index contributed by atoms with van der Waals surface area (Å²) in [5.41, 5.74) is 1.90. The van der Waals surface area contributed by atoms with Gasteiger partial charge in [-0.2, -0.15) is 0 Å². The Hall–Kier alpha value is -1.16. The van der Waals surface area contributed by atoms with Crippen LogP contribution in [0.4, 0.5) is 14.5 Å². The lowest BCUT2D eigenvalue weighted by Gasteiger charge is -2.15. The molecule has 1 N–H and O–H groups in total. The van der Waals surface area contributed by atoms with Crippen molar-refractivity contribution in [2.75, 3.05) is 19.4 Å². The molecule has 1 rings (SSSR count). The van der Waals surface area contributed by atoms with E-state index in [-0.39, 0.29) is 0 Å². The molecule has 0 saturated carbocycles. The number of alkyl halides is 2. The number of halogens is 2. The number of anilines is 1. The first-order valence-electron chi connectivity index (χ1n) is 5.27. The predicted molar refractivity (Wildman–Crippen MR) is 62.9 cm³/mol. The second kappa shape index (κ2) is 5.80. The second-order valence-electron chi connectivity index (χ2n) is 4.20. The highest BCUT2D eigenvalue weighted by Crippen LogP contribution is 2.14. The molecular formula is C12H18F2N2. The fourth-order valence-electron chi connectivity index (χ4n) is 1.40. The molecule has 1 unspecified atom stereocenters. The minimum atomic E-state index is -2.35. The summed E-state index contributed by atoms with van der Waals surface area (Å²) in [6.07, 6.45) is -2.35. The highest BCUT2D eigenvalue weighted by molar-refractivity contribution is 5.45. The van der Waals surface area contributed by atoms with Gasteiger partial charge in [0, 0.05) is 12.2 Å². The van der Waals surface area contributed by atoms with E-state index in [1.807, 2.05) is 38.4 Å². The molecule has 0 heterocycles. The van der Waals surface area contributed by atoms with Crippen molar-refractivity contribution < 1.29 is 8.78 Å². The Balaban J connectivity index is 2.57. The third-order valence-electron chi connectivity index (χ3n) is 2.23. The van der Waals surface area contributed by atoms with Crippen molar-refractivity contribution in [3.63, 3.8) is 0 Å². The molecule has 0 bridgehead atoms. The van der Waals surface area contributed by atoms with Crippen molar-refractivity contribution in [3.05, 3.63) is 29.8 Å². The Labute approximate surface area is 95.3 Å². The summed E-state index contributed by atoms with van der Waals surface area (Å²) in [7, 11) is 3.98. The quantitative estimate of drug-likeness (QED) is 0.833. The molecule has 0 radical (unpaired) electrons. The maximum Gasteiger partial charge on any atom is 0.258 e. The molecular weight excluding hydrogens is 210 g/mol. The number of nitrogens with zero attached hydrogens (tertiary/aromatic N) is 1. The van der Waals surface area contributed by atoms with Crippen molar-refractivity contribution in [1.29, 1.82) is 0 Å². The number of hydrogen-bond acceptors (Lipinski definition) is 2. The van der Waals surface area contributed by atoms with Crippen molar-refractivity contribution in [2.24, 2.45) is 0 Å². The molecule has 0 aliphatic carbocycles. The van der Waals surface area contributed by atoms with E-state index in [2.05, 4.69) is 10.2 Å². The zero-order valence-electron chi connectivity index (χ0n) is 9.87. The summed E-state index contributed by atoms with van der Waals surface area (Å²) in [5.74, 6) is 0. The summed E-state index contributed by atoms with van der Waals surface area (Å²) in [6, 6.07) is 6.73. The number of hydrogen-bond donors (Lipinski definition) is 1. The fraction of sp³-hybridized carbons (Fsp3) is 0.500. The van der Waals surface area contributed by atoms with Gasteiger partial charge < -0.3 is 10.2 Å². The van der Waals surface area contributed by atoms with Crippen LogP contribution in [0.15, 0.2) is 24.3 Å². The van der Waals surface area contributed by atoms with Crippen LogP contribution in [0.2, 0.25) is 0 Å². The van der Waals surface area contributed by atoms with Crippen molar-refractivity contribution in [1.82, 2.24) is 4.90 Å². The largest absolute Gasteiger partial charge is 0.377 e. The van der Waals surface area contributed by atoms with Gasteiger partial charge in [-0.05, 0) is 38.7 Å². The van der Waals surface area contributed by atoms with Crippen LogP contribution in [-0.4, -0.2) is 31.5 Å². The van der Waals surface area contributed by atoms with Crippen LogP contribution in [0.25, 0.3) is 0 Å². The van der Waals surface area contributed by atoms with Gasteiger partial charge in [0.25, 0.3) is 6.43 Å². The minimum absolute atomic E-state index is 0.732. The molecule has 0 amide bonds. The van der Waals surface area contributed by atoms with Gasteiger partial charge in [-0.15, -0.1) is 0 Å². The molecule has 0 fully saturated rings. The van der Waals surface area contributed by atoms with E-state index in [1.54, 1.807) is 0 Å². The molecule has 16 heavy (non-hydrogen) atoms. The third-order valence-corrected chi connectivity index (χ3v) is 2.23. The molecule has 0 aliphatic heterocycles. The minimum Gasteiger partial charge on any atom is -0.377 e. The average Bonchev–Trinajstić information content (AvgIpc) is 2.20. The van der Waals surface area contributed by atoms with Crippen molar-refractivity contribution in [2.45, 2.75) is 25.9 Å². The van der Waals surface area contributed by atoms with E-state index in [0.29, 0.717) is 0 Å².